The summed E-state index contributed by atoms with van der Waals surface area (Å²) < 4.78 is 5.30. The molecule has 17 heavy (non-hydrogen) atoms. The third kappa shape index (κ3) is 3.63. The van der Waals surface area contributed by atoms with Crippen molar-refractivity contribution in [3.63, 3.8) is 0 Å². The molecule has 0 radical (unpaired) electrons. The van der Waals surface area contributed by atoms with E-state index in [9.17, 15) is 4.79 Å². The summed E-state index contributed by atoms with van der Waals surface area (Å²) in [5, 5.41) is 9.29. The number of aryl methyl sites for hydroxylation is 1. The fraction of sp³-hybridized carbons (Fsp3) is 0.462. The lowest BCUT2D eigenvalue weighted by Gasteiger charge is -2.15. The lowest BCUT2D eigenvalue weighted by molar-refractivity contribution is -0.136. The van der Waals surface area contributed by atoms with Gasteiger partial charge in [0.05, 0.1) is 7.11 Å². The van der Waals surface area contributed by atoms with Gasteiger partial charge in [0.25, 0.3) is 0 Å². The van der Waals surface area contributed by atoms with E-state index in [-0.39, 0.29) is 12.3 Å². The normalized spacial score (nSPS) is 10.6. The molecule has 4 heteroatoms. The minimum atomic E-state index is -0.812. The van der Waals surface area contributed by atoms with Crippen LogP contribution in [0.5, 0.6) is 5.75 Å². The number of rotatable bonds is 5. The zero-order chi connectivity index (χ0) is 13.0. The van der Waals surface area contributed by atoms with E-state index in [1.165, 1.54) is 0 Å². The van der Waals surface area contributed by atoms with Crippen LogP contribution in [0.1, 0.15) is 37.3 Å². The fourth-order valence-corrected chi connectivity index (χ4v) is 2.22. The largest absolute Gasteiger partial charge is 0.496 e. The highest BCUT2D eigenvalue weighted by molar-refractivity contribution is 6.31. The third-order valence-electron chi connectivity index (χ3n) is 2.58. The fourth-order valence-electron chi connectivity index (χ4n) is 1.77. The number of carboxylic acids is 1. The van der Waals surface area contributed by atoms with Crippen molar-refractivity contribution in [1.82, 2.24) is 0 Å². The second-order valence-electron chi connectivity index (χ2n) is 4.24. The van der Waals surface area contributed by atoms with Crippen LogP contribution in [0, 0.1) is 0 Å². The Labute approximate surface area is 106 Å². The highest BCUT2D eigenvalue weighted by Crippen LogP contribution is 2.34. The van der Waals surface area contributed by atoms with Crippen molar-refractivity contribution in [2.75, 3.05) is 7.11 Å². The minimum absolute atomic E-state index is 0.0977. The van der Waals surface area contributed by atoms with Crippen molar-refractivity contribution >= 4 is 17.6 Å². The standard InChI is InChI=1S/C13H17ClO3/c1-8(2)13-10(14)6-9(4-5-12(15)16)7-11(13)17-3/h6-8H,4-5H2,1-3H3,(H,15,16). The van der Waals surface area contributed by atoms with E-state index in [0.29, 0.717) is 11.4 Å². The second-order valence-corrected chi connectivity index (χ2v) is 4.65. The van der Waals surface area contributed by atoms with Crippen molar-refractivity contribution < 1.29 is 14.6 Å². The third-order valence-corrected chi connectivity index (χ3v) is 2.89. The molecule has 0 atom stereocenters. The number of benzene rings is 1. The van der Waals surface area contributed by atoms with E-state index in [1.807, 2.05) is 26.0 Å². The highest BCUT2D eigenvalue weighted by Gasteiger charge is 2.14. The maximum Gasteiger partial charge on any atom is 0.303 e. The lowest BCUT2D eigenvalue weighted by Crippen LogP contribution is -2.01. The summed E-state index contributed by atoms with van der Waals surface area (Å²) in [7, 11) is 1.60. The Bertz CT molecular complexity index is 413. The van der Waals surface area contributed by atoms with Crippen LogP contribution in [-0.2, 0) is 11.2 Å². The molecule has 0 heterocycles. The Morgan fingerprint density at radius 2 is 2.12 bits per heavy atom. The smallest absolute Gasteiger partial charge is 0.303 e. The summed E-state index contributed by atoms with van der Waals surface area (Å²) in [6.07, 6.45) is 0.560. The molecule has 0 saturated carbocycles. The van der Waals surface area contributed by atoms with E-state index in [4.69, 9.17) is 21.4 Å². The van der Waals surface area contributed by atoms with Gasteiger partial charge in [-0.15, -0.1) is 0 Å². The Kier molecular flexibility index (Phi) is 4.82. The van der Waals surface area contributed by atoms with E-state index in [0.717, 1.165) is 16.9 Å². The molecule has 0 aromatic heterocycles. The van der Waals surface area contributed by atoms with Gasteiger partial charge in [0.15, 0.2) is 0 Å². The number of methoxy groups -OCH3 is 1. The summed E-state index contributed by atoms with van der Waals surface area (Å²) in [5.74, 6) is 0.187. The molecule has 1 aromatic rings. The first-order valence-corrected chi connectivity index (χ1v) is 5.91. The van der Waals surface area contributed by atoms with E-state index in [2.05, 4.69) is 0 Å². The van der Waals surface area contributed by atoms with Crippen LogP contribution in [0.2, 0.25) is 5.02 Å². The van der Waals surface area contributed by atoms with Crippen LogP contribution in [-0.4, -0.2) is 18.2 Å². The lowest BCUT2D eigenvalue weighted by atomic mass is 9.98. The van der Waals surface area contributed by atoms with Crippen molar-refractivity contribution in [2.45, 2.75) is 32.6 Å². The molecule has 1 aromatic carbocycles. The molecule has 0 aliphatic heterocycles. The first-order chi connectivity index (χ1) is 7.95. The first-order valence-electron chi connectivity index (χ1n) is 5.53. The number of hydrogen-bond acceptors (Lipinski definition) is 2. The summed E-state index contributed by atoms with van der Waals surface area (Å²) in [4.78, 5) is 10.5. The van der Waals surface area contributed by atoms with Gasteiger partial charge in [-0.25, -0.2) is 0 Å². The van der Waals surface area contributed by atoms with E-state index >= 15 is 0 Å². The van der Waals surface area contributed by atoms with Crippen LogP contribution >= 0.6 is 11.6 Å². The number of carboxylic acid groups (broad SMARTS) is 1. The summed E-state index contributed by atoms with van der Waals surface area (Å²) in [5.41, 5.74) is 1.85. The molecule has 3 nitrogen and oxygen atoms in total. The average molecular weight is 257 g/mol. The van der Waals surface area contributed by atoms with Crippen molar-refractivity contribution in [2.24, 2.45) is 0 Å². The Morgan fingerprint density at radius 1 is 1.47 bits per heavy atom. The zero-order valence-electron chi connectivity index (χ0n) is 10.3. The van der Waals surface area contributed by atoms with Crippen LogP contribution in [0.3, 0.4) is 0 Å². The van der Waals surface area contributed by atoms with Gasteiger partial charge in [-0.2, -0.15) is 0 Å². The maximum absolute atomic E-state index is 10.5. The highest BCUT2D eigenvalue weighted by atomic mass is 35.5. The number of hydrogen-bond donors (Lipinski definition) is 1. The van der Waals surface area contributed by atoms with E-state index < -0.39 is 5.97 Å². The topological polar surface area (TPSA) is 46.5 Å². The Morgan fingerprint density at radius 3 is 2.59 bits per heavy atom. The van der Waals surface area contributed by atoms with Crippen LogP contribution in [0.15, 0.2) is 12.1 Å². The monoisotopic (exact) mass is 256 g/mol. The molecule has 0 aliphatic carbocycles. The molecule has 0 fully saturated rings. The van der Waals surface area contributed by atoms with Crippen molar-refractivity contribution in [3.05, 3.63) is 28.3 Å². The predicted octanol–water partition coefficient (Wildman–Crippen LogP) is 3.49. The number of aliphatic carboxylic acids is 1. The molecular formula is C13H17ClO3. The van der Waals surface area contributed by atoms with E-state index in [1.54, 1.807) is 7.11 Å². The van der Waals surface area contributed by atoms with Crippen LogP contribution in [0.4, 0.5) is 0 Å². The van der Waals surface area contributed by atoms with Gasteiger partial charge >= 0.3 is 5.97 Å². The molecule has 0 amide bonds. The number of carbonyl (C=O) groups is 1. The SMILES string of the molecule is COc1cc(CCC(=O)O)cc(Cl)c1C(C)C. The summed E-state index contributed by atoms with van der Waals surface area (Å²) in [6.45, 7) is 4.08. The number of ether oxygens (including phenoxy) is 1. The molecular weight excluding hydrogens is 240 g/mol. The molecule has 1 N–H and O–H groups in total. The maximum atomic E-state index is 10.5. The van der Waals surface area contributed by atoms with Gasteiger partial charge in [-0.3, -0.25) is 4.79 Å². The predicted molar refractivity (Wildman–Crippen MR) is 68.0 cm³/mol. The van der Waals surface area contributed by atoms with Crippen molar-refractivity contribution in [1.29, 1.82) is 0 Å². The zero-order valence-corrected chi connectivity index (χ0v) is 11.0. The quantitative estimate of drug-likeness (QED) is 0.877. The summed E-state index contributed by atoms with van der Waals surface area (Å²) >= 11 is 6.20. The van der Waals surface area contributed by atoms with Gasteiger partial charge in [0.2, 0.25) is 0 Å². The van der Waals surface area contributed by atoms with Gasteiger partial charge in [0, 0.05) is 17.0 Å². The molecule has 0 spiro atoms. The average Bonchev–Trinajstić information content (AvgIpc) is 2.24. The van der Waals surface area contributed by atoms with Gasteiger partial charge in [0.1, 0.15) is 5.75 Å². The second kappa shape index (κ2) is 5.92. The van der Waals surface area contributed by atoms with Gasteiger partial charge in [-0.1, -0.05) is 25.4 Å². The molecule has 0 saturated heterocycles. The molecule has 0 unspecified atom stereocenters. The summed E-state index contributed by atoms with van der Waals surface area (Å²) in [6, 6.07) is 3.69. The van der Waals surface area contributed by atoms with Gasteiger partial charge in [-0.05, 0) is 30.0 Å². The molecule has 94 valence electrons. The van der Waals surface area contributed by atoms with Crippen molar-refractivity contribution in [3.8, 4) is 5.75 Å². The molecule has 0 bridgehead atoms. The minimum Gasteiger partial charge on any atom is -0.496 e. The van der Waals surface area contributed by atoms with Crippen LogP contribution < -0.4 is 4.74 Å². The molecule has 0 aliphatic rings. The first kappa shape index (κ1) is 13.8. The Balaban J connectivity index is 3.04. The Hall–Kier alpha value is -1.22. The molecule has 1 rings (SSSR count). The van der Waals surface area contributed by atoms with Crippen LogP contribution in [0.25, 0.3) is 0 Å². The van der Waals surface area contributed by atoms with Gasteiger partial charge < -0.3 is 9.84 Å². The number of halogens is 1.